The first-order chi connectivity index (χ1) is 29.7. The Morgan fingerprint density at radius 2 is 0.758 bits per heavy atom. The molecule has 0 amide bonds. The van der Waals surface area contributed by atoms with Crippen molar-refractivity contribution < 1.29 is 58.6 Å². The molecule has 0 aliphatic carbocycles. The Labute approximate surface area is 427 Å². The quantitative estimate of drug-likeness (QED) is 0.0791. The van der Waals surface area contributed by atoms with Crippen LogP contribution in [0.1, 0.15) is 49.9 Å². The smallest absolute Gasteiger partial charge is 0.858 e. The maximum Gasteiger partial charge on any atom is 2.00 e. The number of hydrogen-bond donors (Lipinski definition) is 0. The largest absolute Gasteiger partial charge is 2.00 e. The fourth-order valence-corrected chi connectivity index (χ4v) is 22.9. The molecule has 2 heterocycles. The normalized spacial score (nSPS) is 16.3. The van der Waals surface area contributed by atoms with E-state index in [4.69, 9.17) is 18.8 Å². The van der Waals surface area contributed by atoms with Gasteiger partial charge in [0.15, 0.2) is 0 Å². The summed E-state index contributed by atoms with van der Waals surface area (Å²) in [5, 5.41) is 24.6. The number of benzene rings is 4. The SMILES string of the molecule is CC(C)[C@H]1COC(c2ccccc2N=C([O-])c2ccccc2)=N1.CC(C)[C@H]1COC(c2ccccc2N=C([O-])c2ccccc2)=N1.C[Si](C)(C)[N-][Si](C)(C)C.C[Si](C)(C)[N-][Si](C)(C)C.[Zn+2].[Zn+2]. The van der Waals surface area contributed by atoms with Gasteiger partial charge < -0.3 is 29.0 Å². The van der Waals surface area contributed by atoms with Crippen molar-refractivity contribution in [1.82, 2.24) is 0 Å². The molecule has 348 valence electrons. The molecule has 0 spiro atoms. The second-order valence-electron chi connectivity index (χ2n) is 20.6. The molecule has 0 unspecified atom stereocenters. The van der Waals surface area contributed by atoms with E-state index in [1.54, 1.807) is 24.3 Å². The van der Waals surface area contributed by atoms with Crippen LogP contribution < -0.4 is 10.2 Å². The molecule has 6 rings (SSSR count). The average molecular weight is 1070 g/mol. The van der Waals surface area contributed by atoms with E-state index in [9.17, 15) is 10.2 Å². The average Bonchev–Trinajstić information content (AvgIpc) is 3.89. The van der Waals surface area contributed by atoms with E-state index >= 15 is 0 Å². The van der Waals surface area contributed by atoms with E-state index in [-0.39, 0.29) is 62.8 Å². The summed E-state index contributed by atoms with van der Waals surface area (Å²) in [5.74, 6) is 1.45. The molecule has 0 bridgehead atoms. The van der Waals surface area contributed by atoms with E-state index in [0.29, 0.717) is 59.3 Å². The van der Waals surface area contributed by atoms with E-state index in [1.165, 1.54) is 0 Å². The Kier molecular flexibility index (Phi) is 25.5. The van der Waals surface area contributed by atoms with Crippen molar-refractivity contribution in [2.45, 2.75) is 118 Å². The second kappa shape index (κ2) is 27.7. The fourth-order valence-electron chi connectivity index (χ4n) is 6.78. The summed E-state index contributed by atoms with van der Waals surface area (Å²) in [6, 6.07) is 33.3. The third-order valence-electron chi connectivity index (χ3n) is 8.98. The van der Waals surface area contributed by atoms with Crippen molar-refractivity contribution in [2.75, 3.05) is 13.2 Å². The van der Waals surface area contributed by atoms with Gasteiger partial charge in [-0.1, -0.05) is 224 Å². The Morgan fingerprint density at radius 1 is 0.485 bits per heavy atom. The van der Waals surface area contributed by atoms with Crippen LogP contribution in [-0.2, 0) is 48.4 Å². The zero-order valence-corrected chi connectivity index (χ0v) is 52.8. The van der Waals surface area contributed by atoms with Gasteiger partial charge >= 0.3 is 39.0 Å². The number of nitrogens with zero attached hydrogens (tertiary/aromatic N) is 6. The van der Waals surface area contributed by atoms with E-state index in [2.05, 4.69) is 126 Å². The standard InChI is InChI=1S/2C19H20N2O2.2C6H18NSi2.2Zn/c2*1-13(2)17-12-23-19(21-17)15-10-6-7-11-16(15)20-18(22)14-8-4-3-5-9-14;2*1-8(2,3)7-9(4,5)6;;/h2*3-11,13,17H,12H2,1-2H3,(H,20,22);2*1-6H3;;/q;;2*-1;2*+2/p-2/t2*17-;;;;/m11..../s1. The van der Waals surface area contributed by atoms with Crippen molar-refractivity contribution in [3.63, 3.8) is 0 Å². The number of aliphatic imine (C=N–C) groups is 4. The first-order valence-corrected chi connectivity index (χ1v) is 36.2. The van der Waals surface area contributed by atoms with Crippen LogP contribution in [0, 0.1) is 11.8 Å². The number of ether oxygens (including phenoxy) is 2. The summed E-state index contributed by atoms with van der Waals surface area (Å²) in [6.07, 6.45) is 0. The molecule has 2 aliphatic heterocycles. The van der Waals surface area contributed by atoms with Crippen LogP contribution in [0.2, 0.25) is 78.6 Å². The maximum absolute atomic E-state index is 12.3. The first kappa shape index (κ1) is 60.8. The topological polar surface area (TPSA) is 142 Å². The number of hydrogen-bond acceptors (Lipinski definition) is 8. The minimum absolute atomic E-state index is 0. The zero-order valence-electron chi connectivity index (χ0n) is 42.8. The summed E-state index contributed by atoms with van der Waals surface area (Å²) in [5.41, 5.74) is 3.84. The summed E-state index contributed by atoms with van der Waals surface area (Å²) in [4.78, 5) is 17.7. The minimum Gasteiger partial charge on any atom is -0.858 e. The number of para-hydroxylation sites is 2. The van der Waals surface area contributed by atoms with Crippen LogP contribution in [0.15, 0.2) is 129 Å². The van der Waals surface area contributed by atoms with Gasteiger partial charge in [0, 0.05) is 0 Å². The van der Waals surface area contributed by atoms with Gasteiger partial charge in [-0.25, -0.2) is 9.98 Å². The maximum atomic E-state index is 12.3. The molecule has 0 saturated carbocycles. The predicted octanol–water partition coefficient (Wildman–Crippen LogP) is 11.9. The molecule has 0 fully saturated rings. The van der Waals surface area contributed by atoms with E-state index in [0.717, 1.165) is 11.1 Å². The van der Waals surface area contributed by atoms with Gasteiger partial charge in [-0.3, -0.25) is 9.98 Å². The molecule has 4 aromatic rings. The van der Waals surface area contributed by atoms with Gasteiger partial charge in [0.05, 0.1) is 34.6 Å². The molecule has 0 saturated heterocycles. The molecule has 0 radical (unpaired) electrons. The van der Waals surface area contributed by atoms with Gasteiger partial charge in [0.2, 0.25) is 11.8 Å². The summed E-state index contributed by atoms with van der Waals surface area (Å²) < 4.78 is 21.1. The summed E-state index contributed by atoms with van der Waals surface area (Å²) >= 11 is 0. The van der Waals surface area contributed by atoms with Crippen LogP contribution in [0.3, 0.4) is 0 Å². The van der Waals surface area contributed by atoms with Gasteiger partial charge in [-0.2, -0.15) is 0 Å². The van der Waals surface area contributed by atoms with Gasteiger partial charge in [0.1, 0.15) is 13.2 Å². The Balaban J connectivity index is 0.000000476. The monoisotopic (exact) mass is 1060 g/mol. The van der Waals surface area contributed by atoms with Crippen molar-refractivity contribution >= 4 is 67.9 Å². The Morgan fingerprint density at radius 3 is 1.00 bits per heavy atom. The van der Waals surface area contributed by atoms with Crippen molar-refractivity contribution in [3.05, 3.63) is 141 Å². The molecule has 2 atom stereocenters. The Hall–Kier alpha value is -3.21. The van der Waals surface area contributed by atoms with Crippen LogP contribution in [-0.4, -0.2) is 81.8 Å². The zero-order chi connectivity index (χ0) is 47.9. The molecule has 0 aromatic heterocycles. The van der Waals surface area contributed by atoms with Gasteiger partial charge in [-0.15, -0.1) is 0 Å². The molecule has 0 N–H and O–H groups in total. The van der Waals surface area contributed by atoms with Crippen LogP contribution in [0.4, 0.5) is 11.4 Å². The minimum atomic E-state index is -1.11. The third-order valence-corrected chi connectivity index (χ3v) is 19.7. The van der Waals surface area contributed by atoms with Crippen LogP contribution in [0.25, 0.3) is 9.30 Å². The van der Waals surface area contributed by atoms with Crippen molar-refractivity contribution in [2.24, 2.45) is 31.8 Å². The molecular weight excluding hydrogens is 992 g/mol. The van der Waals surface area contributed by atoms with Crippen LogP contribution in [0.5, 0.6) is 0 Å². The molecule has 66 heavy (non-hydrogen) atoms. The molecule has 16 heteroatoms. The van der Waals surface area contributed by atoms with Crippen molar-refractivity contribution in [3.8, 4) is 0 Å². The van der Waals surface area contributed by atoms with Gasteiger partial charge in [-0.05, 0) is 59.0 Å². The van der Waals surface area contributed by atoms with Crippen LogP contribution >= 0.6 is 0 Å². The predicted molar refractivity (Wildman–Crippen MR) is 280 cm³/mol. The molecule has 4 aromatic carbocycles. The van der Waals surface area contributed by atoms with E-state index < -0.39 is 32.9 Å². The molecule has 2 aliphatic rings. The second-order valence-corrected chi connectivity index (χ2v) is 39.8. The number of rotatable bonds is 12. The fraction of sp³-hybridized carbons (Fsp3) is 0.440. The summed E-state index contributed by atoms with van der Waals surface area (Å²) in [6.45, 7) is 37.2. The third kappa shape index (κ3) is 23.2. The Bertz CT molecular complexity index is 2000. The van der Waals surface area contributed by atoms with E-state index in [1.807, 2.05) is 84.9 Å². The van der Waals surface area contributed by atoms with Crippen molar-refractivity contribution in [1.29, 1.82) is 0 Å². The summed E-state index contributed by atoms with van der Waals surface area (Å²) in [7, 11) is -4.42. The molecular formula is C50H74N6O4Si4Zn2. The van der Waals surface area contributed by atoms with Gasteiger partial charge in [0.25, 0.3) is 0 Å². The molecule has 10 nitrogen and oxygen atoms in total. The first-order valence-electron chi connectivity index (χ1n) is 22.4.